The summed E-state index contributed by atoms with van der Waals surface area (Å²) in [5.41, 5.74) is 4.36. The van der Waals surface area contributed by atoms with Gasteiger partial charge in [0.25, 0.3) is 5.56 Å². The highest BCUT2D eigenvalue weighted by Crippen LogP contribution is 2.19. The van der Waals surface area contributed by atoms with E-state index in [0.29, 0.717) is 28.8 Å². The average molecular weight is 463 g/mol. The third kappa shape index (κ3) is 5.33. The van der Waals surface area contributed by atoms with Gasteiger partial charge in [-0.2, -0.15) is 0 Å². The van der Waals surface area contributed by atoms with Crippen molar-refractivity contribution < 1.29 is 0 Å². The summed E-state index contributed by atoms with van der Waals surface area (Å²) in [6.07, 6.45) is 4.47. The Morgan fingerprint density at radius 1 is 1.09 bits per heavy atom. The molecule has 0 aliphatic carbocycles. The molecule has 0 bridgehead atoms. The topological polar surface area (TPSA) is 61.0 Å². The van der Waals surface area contributed by atoms with Gasteiger partial charge in [-0.25, -0.2) is 0 Å². The van der Waals surface area contributed by atoms with Gasteiger partial charge in [0.05, 0.1) is 6.54 Å². The molecule has 2 aromatic carbocycles. The predicted molar refractivity (Wildman–Crippen MR) is 135 cm³/mol. The first-order valence-electron chi connectivity index (χ1n) is 10.4. The Bertz CT molecular complexity index is 1310. The molecule has 162 valence electrons. The van der Waals surface area contributed by atoms with Crippen LogP contribution in [0.1, 0.15) is 23.6 Å². The van der Waals surface area contributed by atoms with Gasteiger partial charge in [0.15, 0.2) is 5.11 Å². The summed E-state index contributed by atoms with van der Waals surface area (Å²) in [6, 6.07) is 19.3. The van der Waals surface area contributed by atoms with Crippen molar-refractivity contribution in [3.63, 3.8) is 0 Å². The molecule has 0 unspecified atom stereocenters. The average Bonchev–Trinajstić information content (AvgIpc) is 2.79. The fourth-order valence-corrected chi connectivity index (χ4v) is 3.96. The van der Waals surface area contributed by atoms with Crippen molar-refractivity contribution in [2.24, 2.45) is 0 Å². The zero-order valence-electron chi connectivity index (χ0n) is 17.6. The van der Waals surface area contributed by atoms with Gasteiger partial charge in [0.1, 0.15) is 0 Å². The first kappa shape index (κ1) is 22.0. The minimum atomic E-state index is -0.122. The molecule has 2 aromatic heterocycles. The first-order chi connectivity index (χ1) is 15.5. The molecule has 0 saturated heterocycles. The summed E-state index contributed by atoms with van der Waals surface area (Å²) in [5, 5.41) is 5.36. The third-order valence-electron chi connectivity index (χ3n) is 5.21. The predicted octanol–water partition coefficient (Wildman–Crippen LogP) is 5.54. The van der Waals surface area contributed by atoms with Crippen molar-refractivity contribution >= 4 is 45.5 Å². The van der Waals surface area contributed by atoms with Crippen molar-refractivity contribution in [2.75, 3.05) is 5.32 Å². The van der Waals surface area contributed by atoms with Gasteiger partial charge < -0.3 is 15.2 Å². The van der Waals surface area contributed by atoms with Crippen LogP contribution in [0.25, 0.3) is 10.9 Å². The summed E-state index contributed by atoms with van der Waals surface area (Å²) in [4.78, 5) is 22.0. The van der Waals surface area contributed by atoms with Crippen LogP contribution in [0.15, 0.2) is 77.9 Å². The van der Waals surface area contributed by atoms with E-state index in [2.05, 4.69) is 28.3 Å². The Morgan fingerprint density at radius 2 is 1.97 bits per heavy atom. The third-order valence-corrected chi connectivity index (χ3v) is 5.81. The Kier molecular flexibility index (Phi) is 6.83. The highest BCUT2D eigenvalue weighted by molar-refractivity contribution is 7.80. The van der Waals surface area contributed by atoms with Crippen LogP contribution in [-0.4, -0.2) is 20.0 Å². The molecule has 2 heterocycles. The van der Waals surface area contributed by atoms with Crippen LogP contribution in [0.4, 0.5) is 5.69 Å². The van der Waals surface area contributed by atoms with Gasteiger partial charge in [-0.3, -0.25) is 9.78 Å². The SMILES string of the molecule is CCc1ccc2[nH]c(=O)c(CN(Cc3cccnc3)C(=S)Nc3cccc(Cl)c3)cc2c1. The summed E-state index contributed by atoms with van der Waals surface area (Å²) in [5.74, 6) is 0. The van der Waals surface area contributed by atoms with Gasteiger partial charge in [-0.15, -0.1) is 0 Å². The largest absolute Gasteiger partial charge is 0.340 e. The fourth-order valence-electron chi connectivity index (χ4n) is 3.52. The number of thiocarbonyl (C=S) groups is 1. The van der Waals surface area contributed by atoms with Gasteiger partial charge in [0.2, 0.25) is 0 Å². The van der Waals surface area contributed by atoms with Crippen LogP contribution in [-0.2, 0) is 19.5 Å². The van der Waals surface area contributed by atoms with E-state index in [1.54, 1.807) is 12.4 Å². The van der Waals surface area contributed by atoms with Crippen LogP contribution in [0, 0.1) is 0 Å². The second-order valence-electron chi connectivity index (χ2n) is 7.56. The second-order valence-corrected chi connectivity index (χ2v) is 8.38. The minimum Gasteiger partial charge on any atom is -0.340 e. The second kappa shape index (κ2) is 9.94. The highest BCUT2D eigenvalue weighted by atomic mass is 35.5. The van der Waals surface area contributed by atoms with E-state index in [9.17, 15) is 4.79 Å². The number of hydrogen-bond acceptors (Lipinski definition) is 3. The quantitative estimate of drug-likeness (QED) is 0.368. The number of anilines is 1. The fraction of sp³-hybridized carbons (Fsp3) is 0.160. The Morgan fingerprint density at radius 3 is 2.72 bits per heavy atom. The van der Waals surface area contributed by atoms with Crippen molar-refractivity contribution in [1.82, 2.24) is 14.9 Å². The molecular weight excluding hydrogens is 440 g/mol. The lowest BCUT2D eigenvalue weighted by Crippen LogP contribution is -2.35. The number of fused-ring (bicyclic) bond motifs is 1. The summed E-state index contributed by atoms with van der Waals surface area (Å²) >= 11 is 11.8. The number of nitrogens with one attached hydrogen (secondary N) is 2. The van der Waals surface area contributed by atoms with Crippen LogP contribution in [0.3, 0.4) is 0 Å². The Labute approximate surface area is 197 Å². The molecule has 0 spiro atoms. The molecule has 4 rings (SSSR count). The number of halogens is 1. The number of aryl methyl sites for hydroxylation is 1. The first-order valence-corrected chi connectivity index (χ1v) is 11.2. The zero-order valence-corrected chi connectivity index (χ0v) is 19.2. The lowest BCUT2D eigenvalue weighted by atomic mass is 10.1. The number of H-pyrrole nitrogens is 1. The van der Waals surface area contributed by atoms with Gasteiger partial charge in [-0.05, 0) is 77.6 Å². The molecule has 32 heavy (non-hydrogen) atoms. The summed E-state index contributed by atoms with van der Waals surface area (Å²) < 4.78 is 0. The monoisotopic (exact) mass is 462 g/mol. The summed E-state index contributed by atoms with van der Waals surface area (Å²) in [7, 11) is 0. The van der Waals surface area contributed by atoms with Gasteiger partial charge in [-0.1, -0.05) is 36.7 Å². The standard InChI is InChI=1S/C25H23ClN4OS/c1-2-17-8-9-23-19(11-17)12-20(24(31)29-23)16-30(15-18-5-4-10-27-14-18)25(32)28-22-7-3-6-21(26)13-22/h3-14H,2,15-16H2,1H3,(H,28,32)(H,29,31). The number of pyridine rings is 2. The van der Waals surface area contributed by atoms with Gasteiger partial charge >= 0.3 is 0 Å². The number of aromatic nitrogens is 2. The van der Waals surface area contributed by atoms with E-state index in [0.717, 1.165) is 28.6 Å². The molecule has 0 aliphatic rings. The maximum Gasteiger partial charge on any atom is 0.253 e. The molecule has 4 aromatic rings. The van der Waals surface area contributed by atoms with Crippen molar-refractivity contribution in [3.05, 3.63) is 105 Å². The molecule has 0 fully saturated rings. The van der Waals surface area contributed by atoms with Gasteiger partial charge in [0, 0.05) is 40.7 Å². The Balaban J connectivity index is 1.65. The van der Waals surface area contributed by atoms with Crippen molar-refractivity contribution in [3.8, 4) is 0 Å². The zero-order chi connectivity index (χ0) is 22.5. The van der Waals surface area contributed by atoms with E-state index in [-0.39, 0.29) is 5.56 Å². The lowest BCUT2D eigenvalue weighted by Gasteiger charge is -2.26. The molecular formula is C25H23ClN4OS. The molecule has 7 heteroatoms. The smallest absolute Gasteiger partial charge is 0.253 e. The van der Waals surface area contributed by atoms with Crippen LogP contribution in [0.2, 0.25) is 5.02 Å². The maximum absolute atomic E-state index is 12.8. The molecule has 0 radical (unpaired) electrons. The van der Waals surface area contributed by atoms with Crippen LogP contribution in [0.5, 0.6) is 0 Å². The lowest BCUT2D eigenvalue weighted by molar-refractivity contribution is 0.410. The Hall–Kier alpha value is -3.22. The van der Waals surface area contributed by atoms with Crippen LogP contribution < -0.4 is 10.9 Å². The molecule has 0 saturated carbocycles. The molecule has 0 atom stereocenters. The minimum absolute atomic E-state index is 0.122. The van der Waals surface area contributed by atoms with E-state index < -0.39 is 0 Å². The summed E-state index contributed by atoms with van der Waals surface area (Å²) in [6.45, 7) is 2.97. The van der Waals surface area contributed by atoms with E-state index >= 15 is 0 Å². The maximum atomic E-state index is 12.8. The van der Waals surface area contributed by atoms with Crippen LogP contribution >= 0.6 is 23.8 Å². The number of hydrogen-bond donors (Lipinski definition) is 2. The molecule has 0 aliphatic heterocycles. The number of rotatable bonds is 6. The van der Waals surface area contributed by atoms with E-state index in [1.165, 1.54) is 5.56 Å². The normalized spacial score (nSPS) is 10.8. The van der Waals surface area contributed by atoms with E-state index in [1.807, 2.05) is 59.5 Å². The molecule has 2 N–H and O–H groups in total. The molecule has 5 nitrogen and oxygen atoms in total. The highest BCUT2D eigenvalue weighted by Gasteiger charge is 2.15. The number of nitrogens with zero attached hydrogens (tertiary/aromatic N) is 2. The number of benzene rings is 2. The number of aromatic amines is 1. The van der Waals surface area contributed by atoms with Crippen molar-refractivity contribution in [1.29, 1.82) is 0 Å². The molecule has 0 amide bonds. The van der Waals surface area contributed by atoms with E-state index in [4.69, 9.17) is 23.8 Å². The van der Waals surface area contributed by atoms with Crippen molar-refractivity contribution in [2.45, 2.75) is 26.4 Å².